The first-order valence-electron chi connectivity index (χ1n) is 13.4. The van der Waals surface area contributed by atoms with Gasteiger partial charge in [-0.3, -0.25) is 13.9 Å². The van der Waals surface area contributed by atoms with E-state index < -0.39 is 27.9 Å². The highest BCUT2D eigenvalue weighted by molar-refractivity contribution is 7.92. The summed E-state index contributed by atoms with van der Waals surface area (Å²) in [6.45, 7) is 1.85. The van der Waals surface area contributed by atoms with E-state index >= 15 is 0 Å². The third-order valence-corrected chi connectivity index (χ3v) is 8.80. The third kappa shape index (κ3) is 8.61. The van der Waals surface area contributed by atoms with Crippen LogP contribution in [0.25, 0.3) is 0 Å². The molecular weight excluding hydrogens is 597 g/mol. The van der Waals surface area contributed by atoms with Crippen molar-refractivity contribution in [2.45, 2.75) is 17.7 Å². The number of benzene rings is 3. The Morgan fingerprint density at radius 3 is 1.98 bits per heavy atom. The number of primary amides is 1. The Morgan fingerprint density at radius 1 is 0.909 bits per heavy atom. The van der Waals surface area contributed by atoms with Crippen LogP contribution in [0.4, 0.5) is 10.1 Å². The molecule has 234 valence electrons. The Bertz CT molecular complexity index is 1580. The molecule has 0 radical (unpaired) electrons. The van der Waals surface area contributed by atoms with Crippen LogP contribution in [0, 0.1) is 11.7 Å². The van der Waals surface area contributed by atoms with Gasteiger partial charge in [0.15, 0.2) is 5.78 Å². The number of rotatable bonds is 10. The van der Waals surface area contributed by atoms with Gasteiger partial charge in [0.05, 0.1) is 17.7 Å². The Balaban J connectivity index is 0.000000801. The van der Waals surface area contributed by atoms with Crippen LogP contribution in [0.2, 0.25) is 0 Å². The van der Waals surface area contributed by atoms with E-state index in [0.29, 0.717) is 49.5 Å². The van der Waals surface area contributed by atoms with Crippen molar-refractivity contribution in [2.24, 2.45) is 11.7 Å². The molecular formula is C30H32FN3O9S. The van der Waals surface area contributed by atoms with Crippen LogP contribution < -0.4 is 14.8 Å². The van der Waals surface area contributed by atoms with Gasteiger partial charge in [0.1, 0.15) is 11.6 Å². The zero-order valence-electron chi connectivity index (χ0n) is 23.8. The number of likely N-dealkylation sites (tertiary alicyclic amines) is 1. The van der Waals surface area contributed by atoms with E-state index in [1.165, 1.54) is 59.9 Å². The van der Waals surface area contributed by atoms with Gasteiger partial charge in [0, 0.05) is 30.1 Å². The van der Waals surface area contributed by atoms with Crippen LogP contribution in [-0.2, 0) is 19.6 Å². The number of methoxy groups -OCH3 is 1. The number of anilines is 1. The Kier molecular flexibility index (Phi) is 11.5. The zero-order chi connectivity index (χ0) is 32.4. The molecule has 0 atom stereocenters. The number of ether oxygens (including phenoxy) is 1. The van der Waals surface area contributed by atoms with Crippen molar-refractivity contribution in [3.05, 3.63) is 89.7 Å². The molecule has 3 aromatic rings. The van der Waals surface area contributed by atoms with Gasteiger partial charge in [-0.25, -0.2) is 22.4 Å². The van der Waals surface area contributed by atoms with E-state index in [4.69, 9.17) is 30.3 Å². The summed E-state index contributed by atoms with van der Waals surface area (Å²) in [6, 6.07) is 18.0. The third-order valence-electron chi connectivity index (χ3n) is 6.97. The van der Waals surface area contributed by atoms with Crippen molar-refractivity contribution in [1.82, 2.24) is 4.90 Å². The van der Waals surface area contributed by atoms with Crippen LogP contribution in [0.15, 0.2) is 77.7 Å². The molecule has 44 heavy (non-hydrogen) atoms. The summed E-state index contributed by atoms with van der Waals surface area (Å²) in [4.78, 5) is 44.6. The molecule has 14 heteroatoms. The number of nitrogens with zero attached hydrogens (tertiary/aromatic N) is 2. The number of para-hydroxylation sites is 2. The number of piperidine rings is 1. The predicted octanol–water partition coefficient (Wildman–Crippen LogP) is 2.88. The SMILES string of the molecule is COc1ccccc1N(CCN1CCC(C(=O)c2ccc(F)cc2)CC1)S(=O)(=O)c1ccc(C(N)=O)cc1.O=C(O)C(=O)O. The molecule has 1 heterocycles. The first-order valence-corrected chi connectivity index (χ1v) is 14.8. The summed E-state index contributed by atoms with van der Waals surface area (Å²) in [5, 5.41) is 14.8. The van der Waals surface area contributed by atoms with Gasteiger partial charge in [-0.15, -0.1) is 0 Å². The molecule has 12 nitrogen and oxygen atoms in total. The molecule has 0 aromatic heterocycles. The lowest BCUT2D eigenvalue weighted by atomic mass is 9.89. The lowest BCUT2D eigenvalue weighted by Gasteiger charge is -2.33. The van der Waals surface area contributed by atoms with Crippen LogP contribution in [-0.4, -0.2) is 80.4 Å². The largest absolute Gasteiger partial charge is 0.495 e. The number of sulfonamides is 1. The zero-order valence-corrected chi connectivity index (χ0v) is 24.6. The molecule has 1 amide bonds. The molecule has 1 aliphatic heterocycles. The quantitative estimate of drug-likeness (QED) is 0.223. The summed E-state index contributed by atoms with van der Waals surface area (Å²) in [7, 11) is -2.52. The Morgan fingerprint density at radius 2 is 1.45 bits per heavy atom. The number of amides is 1. The number of carbonyl (C=O) groups excluding carboxylic acids is 2. The van der Waals surface area contributed by atoms with Crippen molar-refractivity contribution in [2.75, 3.05) is 37.6 Å². The summed E-state index contributed by atoms with van der Waals surface area (Å²) in [5.74, 6) is -4.41. The van der Waals surface area contributed by atoms with Gasteiger partial charge in [0.25, 0.3) is 10.0 Å². The van der Waals surface area contributed by atoms with E-state index in [9.17, 15) is 22.4 Å². The van der Waals surface area contributed by atoms with Crippen LogP contribution in [0.3, 0.4) is 0 Å². The maximum atomic E-state index is 13.7. The molecule has 3 aromatic carbocycles. The smallest absolute Gasteiger partial charge is 0.414 e. The van der Waals surface area contributed by atoms with E-state index in [1.807, 2.05) is 0 Å². The highest BCUT2D eigenvalue weighted by atomic mass is 32.2. The van der Waals surface area contributed by atoms with Gasteiger partial charge in [-0.05, 0) is 86.6 Å². The fourth-order valence-corrected chi connectivity index (χ4v) is 6.09. The number of Topliss-reactive ketones (excluding diaryl/α,β-unsaturated/α-hetero) is 1. The Labute approximate surface area is 253 Å². The molecule has 0 saturated carbocycles. The summed E-state index contributed by atoms with van der Waals surface area (Å²) < 4.78 is 47.5. The van der Waals surface area contributed by atoms with Crippen LogP contribution in [0.5, 0.6) is 5.75 Å². The lowest BCUT2D eigenvalue weighted by molar-refractivity contribution is -0.159. The molecule has 1 fully saturated rings. The number of hydrogen-bond acceptors (Lipinski definition) is 8. The number of carbonyl (C=O) groups is 4. The number of hydrogen-bond donors (Lipinski definition) is 3. The maximum Gasteiger partial charge on any atom is 0.414 e. The van der Waals surface area contributed by atoms with E-state index in [0.717, 1.165) is 0 Å². The second-order valence-electron chi connectivity index (χ2n) is 9.74. The average molecular weight is 630 g/mol. The van der Waals surface area contributed by atoms with E-state index in [-0.39, 0.29) is 34.5 Å². The monoisotopic (exact) mass is 629 g/mol. The van der Waals surface area contributed by atoms with Gasteiger partial charge in [0.2, 0.25) is 5.91 Å². The molecule has 1 saturated heterocycles. The fourth-order valence-electron chi connectivity index (χ4n) is 4.63. The first kappa shape index (κ1) is 33.7. The number of carboxylic acid groups (broad SMARTS) is 2. The standard InChI is InChI=1S/C28H30FN3O5S.C2H2O4/c1-37-26-5-3-2-4-25(26)32(38(35,36)24-12-8-22(9-13-24)28(30)34)19-18-31-16-14-21(15-17-31)27(33)20-6-10-23(29)11-7-20;3-1(4)2(5)6/h2-13,21H,14-19H2,1H3,(H2,30,34);(H,3,4)(H,5,6). The lowest BCUT2D eigenvalue weighted by Crippen LogP contribution is -2.43. The van der Waals surface area contributed by atoms with E-state index in [2.05, 4.69) is 4.90 Å². The number of nitrogens with two attached hydrogens (primary N) is 1. The molecule has 0 unspecified atom stereocenters. The molecule has 1 aliphatic rings. The molecule has 4 rings (SSSR count). The molecule has 0 spiro atoms. The van der Waals surface area contributed by atoms with Crippen molar-refractivity contribution in [3.63, 3.8) is 0 Å². The van der Waals surface area contributed by atoms with Crippen molar-refractivity contribution in [1.29, 1.82) is 0 Å². The molecule has 0 bridgehead atoms. The summed E-state index contributed by atoms with van der Waals surface area (Å²) >= 11 is 0. The van der Waals surface area contributed by atoms with Crippen molar-refractivity contribution < 1.29 is 46.9 Å². The van der Waals surface area contributed by atoms with E-state index in [1.54, 1.807) is 24.3 Å². The topological polar surface area (TPSA) is 185 Å². The van der Waals surface area contributed by atoms with Gasteiger partial charge >= 0.3 is 11.9 Å². The first-order chi connectivity index (χ1) is 20.8. The van der Waals surface area contributed by atoms with Gasteiger partial charge < -0.3 is 25.6 Å². The summed E-state index contributed by atoms with van der Waals surface area (Å²) in [5.41, 5.74) is 6.42. The number of aliphatic carboxylic acids is 2. The Hall–Kier alpha value is -4.82. The normalized spacial score (nSPS) is 13.7. The summed E-state index contributed by atoms with van der Waals surface area (Å²) in [6.07, 6.45) is 1.26. The minimum atomic E-state index is -4.00. The van der Waals surface area contributed by atoms with Crippen LogP contribution >= 0.6 is 0 Å². The minimum absolute atomic E-state index is 0.00211. The van der Waals surface area contributed by atoms with Gasteiger partial charge in [-0.2, -0.15) is 0 Å². The maximum absolute atomic E-state index is 13.7. The fraction of sp³-hybridized carbons (Fsp3) is 0.267. The van der Waals surface area contributed by atoms with Crippen LogP contribution in [0.1, 0.15) is 33.6 Å². The number of ketones is 1. The van der Waals surface area contributed by atoms with Crippen molar-refractivity contribution >= 4 is 39.3 Å². The predicted molar refractivity (Wildman–Crippen MR) is 158 cm³/mol. The second kappa shape index (κ2) is 15.1. The van der Waals surface area contributed by atoms with Gasteiger partial charge in [-0.1, -0.05) is 12.1 Å². The highest BCUT2D eigenvalue weighted by Crippen LogP contribution is 2.32. The number of carboxylic acids is 2. The average Bonchev–Trinajstić information content (AvgIpc) is 3.02. The minimum Gasteiger partial charge on any atom is -0.495 e. The molecule has 4 N–H and O–H groups in total. The molecule has 0 aliphatic carbocycles. The number of halogens is 1. The van der Waals surface area contributed by atoms with Crippen molar-refractivity contribution in [3.8, 4) is 5.75 Å². The second-order valence-corrected chi connectivity index (χ2v) is 11.6. The highest BCUT2D eigenvalue weighted by Gasteiger charge is 2.30.